The molecule has 0 fully saturated rings. The number of benzene rings is 2. The van der Waals surface area contributed by atoms with Crippen molar-refractivity contribution in [1.82, 2.24) is 0 Å². The molecule has 0 unspecified atom stereocenters. The first kappa shape index (κ1) is 15.1. The molecule has 0 aliphatic carbocycles. The zero-order valence-electron chi connectivity index (χ0n) is 13.0. The summed E-state index contributed by atoms with van der Waals surface area (Å²) in [6.45, 7) is 0. The fraction of sp³-hybridized carbons (Fsp3) is 0.222. The molecule has 0 saturated heterocycles. The molecular weight excluding hydrogens is 294 g/mol. The molecule has 1 aliphatic heterocycles. The number of fused-ring (bicyclic) bond motifs is 1. The van der Waals surface area contributed by atoms with Crippen molar-refractivity contribution in [3.63, 3.8) is 0 Å². The molecule has 1 N–H and O–H groups in total. The quantitative estimate of drug-likeness (QED) is 0.862. The highest BCUT2D eigenvalue weighted by Crippen LogP contribution is 2.36. The second kappa shape index (κ2) is 6.12. The lowest BCUT2D eigenvalue weighted by Crippen LogP contribution is -2.16. The van der Waals surface area contributed by atoms with Crippen LogP contribution in [0.5, 0.6) is 11.5 Å². The number of ether oxygens (including phenoxy) is 2. The van der Waals surface area contributed by atoms with Crippen LogP contribution in [0.4, 0.5) is 5.69 Å². The van der Waals surface area contributed by atoms with Gasteiger partial charge >= 0.3 is 0 Å². The molecule has 0 aromatic heterocycles. The summed E-state index contributed by atoms with van der Waals surface area (Å²) in [5.74, 6) is 0.359. The van der Waals surface area contributed by atoms with E-state index in [1.807, 2.05) is 24.3 Å². The smallest absolute Gasteiger partial charge is 0.232 e. The van der Waals surface area contributed by atoms with Crippen molar-refractivity contribution in [1.29, 1.82) is 0 Å². The van der Waals surface area contributed by atoms with Gasteiger partial charge in [0.2, 0.25) is 5.91 Å². The molecule has 0 bridgehead atoms. The number of Topliss-reactive ketones (excluding diaryl/α,β-unsaturated/α-hetero) is 1. The van der Waals surface area contributed by atoms with Gasteiger partial charge in [-0.25, -0.2) is 0 Å². The first-order valence-electron chi connectivity index (χ1n) is 7.29. The Hall–Kier alpha value is -2.82. The van der Waals surface area contributed by atoms with E-state index in [2.05, 4.69) is 5.32 Å². The topological polar surface area (TPSA) is 64.6 Å². The molecule has 2 aromatic rings. The summed E-state index contributed by atoms with van der Waals surface area (Å²) in [5, 5.41) is 2.81. The molecule has 0 saturated carbocycles. The zero-order chi connectivity index (χ0) is 16.4. The Kier molecular flexibility index (Phi) is 4.02. The van der Waals surface area contributed by atoms with Crippen LogP contribution in [-0.2, 0) is 4.79 Å². The third kappa shape index (κ3) is 2.77. The first-order valence-corrected chi connectivity index (χ1v) is 7.29. The number of hydrogen-bond acceptors (Lipinski definition) is 4. The van der Waals surface area contributed by atoms with Crippen LogP contribution in [0.3, 0.4) is 0 Å². The SMILES string of the molecule is COc1ccc(C(=O)C[C@H]2C(=O)Nc3ccccc32)cc1OC. The number of methoxy groups -OCH3 is 2. The number of anilines is 1. The highest BCUT2D eigenvalue weighted by Gasteiger charge is 2.32. The summed E-state index contributed by atoms with van der Waals surface area (Å²) < 4.78 is 10.4. The predicted molar refractivity (Wildman–Crippen MR) is 86.3 cm³/mol. The number of amides is 1. The van der Waals surface area contributed by atoms with Gasteiger partial charge in [-0.3, -0.25) is 9.59 Å². The van der Waals surface area contributed by atoms with Crippen LogP contribution in [0.2, 0.25) is 0 Å². The van der Waals surface area contributed by atoms with Gasteiger partial charge in [-0.1, -0.05) is 18.2 Å². The van der Waals surface area contributed by atoms with Crippen LogP contribution in [-0.4, -0.2) is 25.9 Å². The maximum atomic E-state index is 12.5. The fourth-order valence-corrected chi connectivity index (χ4v) is 2.79. The first-order chi connectivity index (χ1) is 11.1. The molecule has 5 heteroatoms. The van der Waals surface area contributed by atoms with E-state index in [0.717, 1.165) is 11.3 Å². The molecule has 118 valence electrons. The van der Waals surface area contributed by atoms with Gasteiger partial charge in [0, 0.05) is 17.7 Å². The Morgan fingerprint density at radius 1 is 1.09 bits per heavy atom. The van der Waals surface area contributed by atoms with E-state index >= 15 is 0 Å². The van der Waals surface area contributed by atoms with Gasteiger partial charge in [0.05, 0.1) is 20.1 Å². The zero-order valence-corrected chi connectivity index (χ0v) is 13.0. The molecule has 2 aromatic carbocycles. The summed E-state index contributed by atoms with van der Waals surface area (Å²) in [5.41, 5.74) is 2.15. The molecule has 23 heavy (non-hydrogen) atoms. The van der Waals surface area contributed by atoms with Crippen molar-refractivity contribution in [3.8, 4) is 11.5 Å². The predicted octanol–water partition coefficient (Wildman–Crippen LogP) is 3.01. The van der Waals surface area contributed by atoms with Crippen LogP contribution in [0, 0.1) is 0 Å². The van der Waals surface area contributed by atoms with E-state index in [4.69, 9.17) is 9.47 Å². The minimum absolute atomic E-state index is 0.109. The molecular formula is C18H17NO4. The van der Waals surface area contributed by atoms with Crippen molar-refractivity contribution >= 4 is 17.4 Å². The second-order valence-corrected chi connectivity index (χ2v) is 5.33. The third-order valence-electron chi connectivity index (χ3n) is 4.01. The number of carbonyl (C=O) groups excluding carboxylic acids is 2. The van der Waals surface area contributed by atoms with Gasteiger partial charge in [0.15, 0.2) is 17.3 Å². The van der Waals surface area contributed by atoms with Crippen molar-refractivity contribution in [2.45, 2.75) is 12.3 Å². The number of ketones is 1. The van der Waals surface area contributed by atoms with Crippen molar-refractivity contribution in [2.24, 2.45) is 0 Å². The molecule has 0 spiro atoms. The maximum absolute atomic E-state index is 12.5. The summed E-state index contributed by atoms with van der Waals surface area (Å²) >= 11 is 0. The lowest BCUT2D eigenvalue weighted by Gasteiger charge is -2.11. The van der Waals surface area contributed by atoms with Crippen LogP contribution in [0.25, 0.3) is 0 Å². The summed E-state index contributed by atoms with van der Waals surface area (Å²) in [6, 6.07) is 12.5. The molecule has 1 heterocycles. The molecule has 1 atom stereocenters. The molecule has 0 radical (unpaired) electrons. The van der Waals surface area contributed by atoms with Crippen molar-refractivity contribution < 1.29 is 19.1 Å². The minimum Gasteiger partial charge on any atom is -0.493 e. The second-order valence-electron chi connectivity index (χ2n) is 5.33. The Labute approximate surface area is 134 Å². The van der Waals surface area contributed by atoms with E-state index < -0.39 is 5.92 Å². The van der Waals surface area contributed by atoms with E-state index in [-0.39, 0.29) is 18.1 Å². The average molecular weight is 311 g/mol. The number of nitrogens with one attached hydrogen (secondary N) is 1. The van der Waals surface area contributed by atoms with Crippen molar-refractivity contribution in [3.05, 3.63) is 53.6 Å². The fourth-order valence-electron chi connectivity index (χ4n) is 2.79. The van der Waals surface area contributed by atoms with Gasteiger partial charge in [-0.05, 0) is 29.8 Å². The molecule has 1 amide bonds. The van der Waals surface area contributed by atoms with Gasteiger partial charge in [0.1, 0.15) is 0 Å². The average Bonchev–Trinajstić information content (AvgIpc) is 2.89. The Morgan fingerprint density at radius 2 is 1.83 bits per heavy atom. The summed E-state index contributed by atoms with van der Waals surface area (Å²) in [4.78, 5) is 24.7. The van der Waals surface area contributed by atoms with Gasteiger partial charge in [0.25, 0.3) is 0 Å². The normalized spacial score (nSPS) is 15.7. The van der Waals surface area contributed by atoms with Crippen LogP contribution < -0.4 is 14.8 Å². The molecule has 5 nitrogen and oxygen atoms in total. The van der Waals surface area contributed by atoms with Crippen LogP contribution >= 0.6 is 0 Å². The Bertz CT molecular complexity index is 769. The maximum Gasteiger partial charge on any atom is 0.232 e. The van der Waals surface area contributed by atoms with Crippen molar-refractivity contribution in [2.75, 3.05) is 19.5 Å². The van der Waals surface area contributed by atoms with E-state index in [1.54, 1.807) is 25.3 Å². The van der Waals surface area contributed by atoms with E-state index in [0.29, 0.717) is 17.1 Å². The number of rotatable bonds is 5. The monoisotopic (exact) mass is 311 g/mol. The number of hydrogen-bond donors (Lipinski definition) is 1. The lowest BCUT2D eigenvalue weighted by atomic mass is 9.92. The molecule has 3 rings (SSSR count). The third-order valence-corrected chi connectivity index (χ3v) is 4.01. The van der Waals surface area contributed by atoms with Crippen LogP contribution in [0.15, 0.2) is 42.5 Å². The van der Waals surface area contributed by atoms with Gasteiger partial charge in [-0.2, -0.15) is 0 Å². The minimum atomic E-state index is -0.452. The Balaban J connectivity index is 1.84. The largest absolute Gasteiger partial charge is 0.493 e. The van der Waals surface area contributed by atoms with Gasteiger partial charge in [-0.15, -0.1) is 0 Å². The number of para-hydroxylation sites is 1. The van der Waals surface area contributed by atoms with E-state index in [1.165, 1.54) is 7.11 Å². The van der Waals surface area contributed by atoms with Crippen LogP contribution in [0.1, 0.15) is 28.3 Å². The molecule has 1 aliphatic rings. The summed E-state index contributed by atoms with van der Waals surface area (Å²) in [7, 11) is 3.06. The highest BCUT2D eigenvalue weighted by molar-refractivity contribution is 6.07. The number of carbonyl (C=O) groups is 2. The van der Waals surface area contributed by atoms with E-state index in [9.17, 15) is 9.59 Å². The lowest BCUT2D eigenvalue weighted by molar-refractivity contribution is -0.117. The summed E-state index contributed by atoms with van der Waals surface area (Å²) in [6.07, 6.45) is 0.123. The standard InChI is InChI=1S/C18H17NO4/c1-22-16-8-7-11(9-17(16)23-2)15(20)10-13-12-5-3-4-6-14(12)19-18(13)21/h3-9,13H,10H2,1-2H3,(H,19,21)/t13-/m1/s1. The van der Waals surface area contributed by atoms with Gasteiger partial charge < -0.3 is 14.8 Å². The Morgan fingerprint density at radius 3 is 2.57 bits per heavy atom. The highest BCUT2D eigenvalue weighted by atomic mass is 16.5.